The van der Waals surface area contributed by atoms with Crippen molar-refractivity contribution in [2.24, 2.45) is 0 Å². The van der Waals surface area contributed by atoms with E-state index in [2.05, 4.69) is 25.6 Å². The molecule has 1 saturated heterocycles. The molecule has 2 aromatic carbocycles. The molecule has 0 radical (unpaired) electrons. The van der Waals surface area contributed by atoms with E-state index in [1.165, 1.54) is 6.07 Å². The van der Waals surface area contributed by atoms with E-state index in [4.69, 9.17) is 11.6 Å². The lowest BCUT2D eigenvalue weighted by molar-refractivity contribution is 0.0742. The van der Waals surface area contributed by atoms with Gasteiger partial charge in [-0.15, -0.1) is 10.2 Å². The smallest absolute Gasteiger partial charge is 0.278 e. The van der Waals surface area contributed by atoms with Gasteiger partial charge in [0.05, 0.1) is 16.4 Å². The summed E-state index contributed by atoms with van der Waals surface area (Å²) in [5.74, 6) is -0.493. The Balaban J connectivity index is 1.45. The number of amides is 1. The van der Waals surface area contributed by atoms with Crippen LogP contribution in [0.3, 0.4) is 0 Å². The molecule has 2 N–H and O–H groups in total. The largest absolute Gasteiger partial charge is 0.367 e. The first-order chi connectivity index (χ1) is 13.6. The second kappa shape index (κ2) is 7.85. The first-order valence-electron chi connectivity index (χ1n) is 8.84. The monoisotopic (exact) mass is 400 g/mol. The van der Waals surface area contributed by atoms with Crippen LogP contribution in [0.2, 0.25) is 5.02 Å². The summed E-state index contributed by atoms with van der Waals surface area (Å²) in [5.41, 5.74) is 1.32. The highest BCUT2D eigenvalue weighted by atomic mass is 35.5. The fraction of sp³-hybridized carbons (Fsp3) is 0.211. The van der Waals surface area contributed by atoms with Gasteiger partial charge in [-0.3, -0.25) is 4.79 Å². The number of hydrogen-bond donors (Lipinski definition) is 2. The van der Waals surface area contributed by atoms with E-state index >= 15 is 0 Å². The number of H-pyrrole nitrogens is 1. The number of carbonyl (C=O) groups excluding carboxylic acids is 1. The number of para-hydroxylation sites is 2. The van der Waals surface area contributed by atoms with Crippen molar-refractivity contribution in [2.75, 3.05) is 36.4 Å². The molecule has 0 bridgehead atoms. The van der Waals surface area contributed by atoms with Gasteiger partial charge in [0.2, 0.25) is 0 Å². The van der Waals surface area contributed by atoms with Crippen LogP contribution in [0.1, 0.15) is 10.5 Å². The number of halogens is 2. The van der Waals surface area contributed by atoms with Crippen LogP contribution in [0, 0.1) is 5.82 Å². The van der Waals surface area contributed by atoms with E-state index < -0.39 is 5.82 Å². The number of nitrogens with one attached hydrogen (secondary N) is 2. The van der Waals surface area contributed by atoms with E-state index in [-0.39, 0.29) is 23.1 Å². The van der Waals surface area contributed by atoms with Crippen molar-refractivity contribution in [3.8, 4) is 0 Å². The van der Waals surface area contributed by atoms with Crippen molar-refractivity contribution in [2.45, 2.75) is 0 Å². The van der Waals surface area contributed by atoms with Crippen LogP contribution in [-0.2, 0) is 0 Å². The lowest BCUT2D eigenvalue weighted by atomic mass is 10.2. The number of aromatic amines is 1. The number of piperazine rings is 1. The molecule has 0 aliphatic carbocycles. The predicted octanol–water partition coefficient (Wildman–Crippen LogP) is 3.30. The predicted molar refractivity (Wildman–Crippen MR) is 106 cm³/mol. The summed E-state index contributed by atoms with van der Waals surface area (Å²) in [4.78, 5) is 16.7. The van der Waals surface area contributed by atoms with Gasteiger partial charge in [0.25, 0.3) is 5.91 Å². The Hall–Kier alpha value is -3.13. The van der Waals surface area contributed by atoms with Gasteiger partial charge < -0.3 is 15.1 Å². The van der Waals surface area contributed by atoms with Gasteiger partial charge >= 0.3 is 0 Å². The summed E-state index contributed by atoms with van der Waals surface area (Å²) >= 11 is 6.26. The lowest BCUT2D eigenvalue weighted by Crippen LogP contribution is -2.49. The molecule has 7 nitrogen and oxygen atoms in total. The van der Waals surface area contributed by atoms with Crippen LogP contribution in [0.25, 0.3) is 0 Å². The molecule has 3 aromatic rings. The molecule has 1 aromatic heterocycles. The number of aromatic nitrogens is 3. The molecule has 0 atom stereocenters. The summed E-state index contributed by atoms with van der Waals surface area (Å²) in [6.45, 7) is 2.36. The molecular formula is C19H18ClFN6O. The third-order valence-corrected chi connectivity index (χ3v) is 4.96. The van der Waals surface area contributed by atoms with E-state index in [9.17, 15) is 9.18 Å². The van der Waals surface area contributed by atoms with Crippen molar-refractivity contribution in [1.29, 1.82) is 0 Å². The van der Waals surface area contributed by atoms with Crippen LogP contribution in [0.15, 0.2) is 48.5 Å². The van der Waals surface area contributed by atoms with Crippen molar-refractivity contribution in [3.05, 3.63) is 65.1 Å². The standard InChI is InChI=1S/C19H18ClFN6O/c20-13-5-1-4-8-16(13)26-9-11-27(12-10-26)19(28)17-18(24-25-23-17)22-15-7-3-2-6-14(15)21/h1-8H,9-12H2,(H2,22,23,24,25). The summed E-state index contributed by atoms with van der Waals surface area (Å²) in [6, 6.07) is 13.8. The van der Waals surface area contributed by atoms with Gasteiger partial charge in [-0.1, -0.05) is 35.9 Å². The van der Waals surface area contributed by atoms with E-state index in [1.54, 1.807) is 23.1 Å². The molecule has 4 rings (SSSR count). The van der Waals surface area contributed by atoms with Crippen LogP contribution < -0.4 is 10.2 Å². The Kier molecular flexibility index (Phi) is 5.12. The average Bonchev–Trinajstić information content (AvgIpc) is 3.18. The molecule has 0 saturated carbocycles. The zero-order valence-corrected chi connectivity index (χ0v) is 15.7. The second-order valence-electron chi connectivity index (χ2n) is 6.36. The highest BCUT2D eigenvalue weighted by molar-refractivity contribution is 6.33. The quantitative estimate of drug-likeness (QED) is 0.702. The topological polar surface area (TPSA) is 77.1 Å². The second-order valence-corrected chi connectivity index (χ2v) is 6.76. The van der Waals surface area contributed by atoms with Crippen LogP contribution in [-0.4, -0.2) is 52.4 Å². The molecule has 1 aliphatic heterocycles. The third-order valence-electron chi connectivity index (χ3n) is 4.64. The molecule has 9 heteroatoms. The number of hydrogen-bond acceptors (Lipinski definition) is 5. The molecule has 28 heavy (non-hydrogen) atoms. The average molecular weight is 401 g/mol. The maximum absolute atomic E-state index is 13.9. The highest BCUT2D eigenvalue weighted by Crippen LogP contribution is 2.27. The minimum Gasteiger partial charge on any atom is -0.367 e. The molecule has 144 valence electrons. The minimum atomic E-state index is -0.433. The van der Waals surface area contributed by atoms with Gasteiger partial charge in [-0.2, -0.15) is 5.21 Å². The fourth-order valence-corrected chi connectivity index (χ4v) is 3.42. The first-order valence-corrected chi connectivity index (χ1v) is 9.22. The number of carbonyl (C=O) groups is 1. The molecule has 2 heterocycles. The van der Waals surface area contributed by atoms with Crippen molar-refractivity contribution < 1.29 is 9.18 Å². The van der Waals surface area contributed by atoms with Crippen LogP contribution in [0.5, 0.6) is 0 Å². The number of benzene rings is 2. The Morgan fingerprint density at radius 3 is 2.50 bits per heavy atom. The molecule has 1 aliphatic rings. The van der Waals surface area contributed by atoms with Crippen molar-refractivity contribution in [1.82, 2.24) is 20.3 Å². The van der Waals surface area contributed by atoms with Gasteiger partial charge in [-0.05, 0) is 24.3 Å². The third kappa shape index (κ3) is 3.63. The summed E-state index contributed by atoms with van der Waals surface area (Å²) < 4.78 is 13.9. The van der Waals surface area contributed by atoms with Gasteiger partial charge in [-0.25, -0.2) is 4.39 Å². The van der Waals surface area contributed by atoms with Gasteiger partial charge in [0, 0.05) is 26.2 Å². The maximum atomic E-state index is 13.9. The zero-order chi connectivity index (χ0) is 19.5. The van der Waals surface area contributed by atoms with Crippen molar-refractivity contribution >= 4 is 34.7 Å². The molecular weight excluding hydrogens is 383 g/mol. The van der Waals surface area contributed by atoms with E-state index in [0.717, 1.165) is 5.69 Å². The normalized spacial score (nSPS) is 14.2. The number of rotatable bonds is 4. The van der Waals surface area contributed by atoms with Crippen LogP contribution >= 0.6 is 11.6 Å². The summed E-state index contributed by atoms with van der Waals surface area (Å²) in [7, 11) is 0. The Bertz CT molecular complexity index is 986. The Labute approximate surface area is 166 Å². The van der Waals surface area contributed by atoms with Gasteiger partial charge in [0.15, 0.2) is 11.5 Å². The fourth-order valence-electron chi connectivity index (χ4n) is 3.17. The SMILES string of the molecule is O=C(c1n[nH]nc1Nc1ccccc1F)N1CCN(c2ccccc2Cl)CC1. The molecule has 1 amide bonds. The minimum absolute atomic E-state index is 0.134. The zero-order valence-electron chi connectivity index (χ0n) is 14.9. The molecule has 0 spiro atoms. The van der Waals surface area contributed by atoms with E-state index in [1.807, 2.05) is 24.3 Å². The Morgan fingerprint density at radius 1 is 1.04 bits per heavy atom. The van der Waals surface area contributed by atoms with Gasteiger partial charge in [0.1, 0.15) is 5.82 Å². The lowest BCUT2D eigenvalue weighted by Gasteiger charge is -2.36. The van der Waals surface area contributed by atoms with Crippen molar-refractivity contribution in [3.63, 3.8) is 0 Å². The molecule has 1 fully saturated rings. The van der Waals surface area contributed by atoms with Crippen LogP contribution in [0.4, 0.5) is 21.6 Å². The number of nitrogens with zero attached hydrogens (tertiary/aromatic N) is 4. The molecule has 0 unspecified atom stereocenters. The maximum Gasteiger partial charge on any atom is 0.278 e. The summed E-state index contributed by atoms with van der Waals surface area (Å²) in [6.07, 6.45) is 0. The van der Waals surface area contributed by atoms with E-state index in [0.29, 0.717) is 31.2 Å². The first kappa shape index (κ1) is 18.2. The highest BCUT2D eigenvalue weighted by Gasteiger charge is 2.27. The Morgan fingerprint density at radius 2 is 1.75 bits per heavy atom. The summed E-state index contributed by atoms with van der Waals surface area (Å²) in [5, 5.41) is 13.9. The number of anilines is 3.